The van der Waals surface area contributed by atoms with Gasteiger partial charge in [-0.25, -0.2) is 0 Å². The van der Waals surface area contributed by atoms with Crippen LogP contribution < -0.4 is 14.2 Å². The molecule has 0 atom stereocenters. The summed E-state index contributed by atoms with van der Waals surface area (Å²) in [6.07, 6.45) is 0. The number of carbonyl (C=O) groups is 2. The Morgan fingerprint density at radius 2 is 2.05 bits per heavy atom. The van der Waals surface area contributed by atoms with Crippen molar-refractivity contribution in [3.8, 4) is 17.2 Å². The largest absolute Gasteiger partial charge is 0.493 e. The molecule has 0 aliphatic carbocycles. The Kier molecular flexibility index (Phi) is 4.52. The van der Waals surface area contributed by atoms with Crippen LogP contribution in [0.1, 0.15) is 17.3 Å². The molecule has 1 aliphatic rings. The van der Waals surface area contributed by atoms with E-state index in [9.17, 15) is 9.59 Å². The molecule has 7 nitrogen and oxygen atoms in total. The Labute approximate surface area is 122 Å². The molecule has 0 aromatic heterocycles. The second kappa shape index (κ2) is 6.34. The summed E-state index contributed by atoms with van der Waals surface area (Å²) in [5, 5.41) is 8.84. The first-order chi connectivity index (χ1) is 10.1. The van der Waals surface area contributed by atoms with E-state index in [2.05, 4.69) is 0 Å². The molecule has 2 rings (SSSR count). The highest BCUT2D eigenvalue weighted by atomic mass is 16.6. The van der Waals surface area contributed by atoms with Crippen LogP contribution in [0.25, 0.3) is 0 Å². The molecule has 0 unspecified atom stereocenters. The second-order valence-electron chi connectivity index (χ2n) is 4.42. The Balaban J connectivity index is 2.34. The molecule has 1 aromatic rings. The summed E-state index contributed by atoms with van der Waals surface area (Å²) in [4.78, 5) is 24.4. The molecule has 0 fully saturated rings. The van der Waals surface area contributed by atoms with E-state index in [1.54, 1.807) is 13.0 Å². The molecule has 1 heterocycles. The zero-order chi connectivity index (χ0) is 15.4. The van der Waals surface area contributed by atoms with E-state index >= 15 is 0 Å². The van der Waals surface area contributed by atoms with Crippen molar-refractivity contribution in [3.63, 3.8) is 0 Å². The van der Waals surface area contributed by atoms with Crippen LogP contribution in [-0.4, -0.2) is 55.3 Å². The van der Waals surface area contributed by atoms with Crippen molar-refractivity contribution in [2.75, 3.05) is 33.4 Å². The maximum Gasteiger partial charge on any atom is 0.323 e. The van der Waals surface area contributed by atoms with Crippen LogP contribution in [-0.2, 0) is 4.79 Å². The quantitative estimate of drug-likeness (QED) is 0.872. The fraction of sp³-hybridized carbons (Fsp3) is 0.429. The standard InChI is InChI=1S/C14H17NO6/c1-3-15(8-12(16)17)14(18)9-6-10(19-2)13-11(7-9)20-4-5-21-13/h6-7H,3-5,8H2,1-2H3,(H,16,17). The summed E-state index contributed by atoms with van der Waals surface area (Å²) in [6, 6.07) is 3.07. The molecular weight excluding hydrogens is 278 g/mol. The Morgan fingerprint density at radius 3 is 2.67 bits per heavy atom. The maximum atomic E-state index is 12.4. The number of aliphatic carboxylic acids is 1. The predicted molar refractivity (Wildman–Crippen MR) is 73.2 cm³/mol. The molecule has 0 saturated heterocycles. The van der Waals surface area contributed by atoms with Gasteiger partial charge < -0.3 is 24.2 Å². The van der Waals surface area contributed by atoms with Crippen LogP contribution in [0.3, 0.4) is 0 Å². The molecule has 0 radical (unpaired) electrons. The van der Waals surface area contributed by atoms with Crippen molar-refractivity contribution in [2.45, 2.75) is 6.92 Å². The molecule has 7 heteroatoms. The van der Waals surface area contributed by atoms with Crippen LogP contribution in [0, 0.1) is 0 Å². The fourth-order valence-corrected chi connectivity index (χ4v) is 2.07. The molecule has 1 N–H and O–H groups in total. The minimum atomic E-state index is -1.06. The summed E-state index contributed by atoms with van der Waals surface area (Å²) < 4.78 is 16.1. The monoisotopic (exact) mass is 295 g/mol. The molecule has 114 valence electrons. The van der Waals surface area contributed by atoms with Gasteiger partial charge in [0.2, 0.25) is 5.75 Å². The zero-order valence-corrected chi connectivity index (χ0v) is 11.9. The molecule has 0 bridgehead atoms. The van der Waals surface area contributed by atoms with Crippen LogP contribution in [0.4, 0.5) is 0 Å². The number of benzene rings is 1. The fourth-order valence-electron chi connectivity index (χ4n) is 2.07. The number of methoxy groups -OCH3 is 1. The number of carboxylic acid groups (broad SMARTS) is 1. The lowest BCUT2D eigenvalue weighted by Crippen LogP contribution is -2.35. The van der Waals surface area contributed by atoms with Gasteiger partial charge in [0.05, 0.1) is 7.11 Å². The van der Waals surface area contributed by atoms with Gasteiger partial charge in [-0.05, 0) is 19.1 Å². The number of carboxylic acids is 1. The number of rotatable bonds is 5. The molecule has 1 amide bonds. The lowest BCUT2D eigenvalue weighted by Gasteiger charge is -2.23. The topological polar surface area (TPSA) is 85.3 Å². The SMILES string of the molecule is CCN(CC(=O)O)C(=O)c1cc(OC)c2c(c1)OCCO2. The highest BCUT2D eigenvalue weighted by Crippen LogP contribution is 2.40. The van der Waals surface area contributed by atoms with Gasteiger partial charge in [-0.2, -0.15) is 0 Å². The highest BCUT2D eigenvalue weighted by molar-refractivity contribution is 5.97. The number of hydrogen-bond acceptors (Lipinski definition) is 5. The third kappa shape index (κ3) is 3.18. The van der Waals surface area contributed by atoms with E-state index in [0.29, 0.717) is 42.6 Å². The van der Waals surface area contributed by atoms with Crippen molar-refractivity contribution >= 4 is 11.9 Å². The summed E-state index contributed by atoms with van der Waals surface area (Å²) >= 11 is 0. The number of hydrogen-bond donors (Lipinski definition) is 1. The average Bonchev–Trinajstić information content (AvgIpc) is 2.50. The van der Waals surface area contributed by atoms with Gasteiger partial charge in [-0.3, -0.25) is 9.59 Å². The maximum absolute atomic E-state index is 12.4. The second-order valence-corrected chi connectivity index (χ2v) is 4.42. The summed E-state index contributed by atoms with van der Waals surface area (Å²) in [6.45, 7) is 2.46. The van der Waals surface area contributed by atoms with Gasteiger partial charge in [0, 0.05) is 12.1 Å². The van der Waals surface area contributed by atoms with Gasteiger partial charge in [0.15, 0.2) is 11.5 Å². The van der Waals surface area contributed by atoms with E-state index in [4.69, 9.17) is 19.3 Å². The first-order valence-electron chi connectivity index (χ1n) is 6.55. The van der Waals surface area contributed by atoms with Crippen LogP contribution in [0.15, 0.2) is 12.1 Å². The van der Waals surface area contributed by atoms with Crippen molar-refractivity contribution in [1.82, 2.24) is 4.90 Å². The predicted octanol–water partition coefficient (Wildman–Crippen LogP) is 1.01. The third-order valence-electron chi connectivity index (χ3n) is 3.07. The normalized spacial score (nSPS) is 12.7. The van der Waals surface area contributed by atoms with Crippen LogP contribution in [0.5, 0.6) is 17.2 Å². The Morgan fingerprint density at radius 1 is 1.33 bits per heavy atom. The van der Waals surface area contributed by atoms with E-state index in [1.165, 1.54) is 18.1 Å². The third-order valence-corrected chi connectivity index (χ3v) is 3.07. The van der Waals surface area contributed by atoms with Crippen molar-refractivity contribution in [1.29, 1.82) is 0 Å². The van der Waals surface area contributed by atoms with Crippen molar-refractivity contribution < 1.29 is 28.9 Å². The van der Waals surface area contributed by atoms with Gasteiger partial charge >= 0.3 is 5.97 Å². The molecule has 0 spiro atoms. The Hall–Kier alpha value is -2.44. The van der Waals surface area contributed by atoms with Crippen LogP contribution in [0.2, 0.25) is 0 Å². The average molecular weight is 295 g/mol. The van der Waals surface area contributed by atoms with E-state index in [0.717, 1.165) is 0 Å². The van der Waals surface area contributed by atoms with Crippen molar-refractivity contribution in [3.05, 3.63) is 17.7 Å². The molecule has 1 aromatic carbocycles. The smallest absolute Gasteiger partial charge is 0.323 e. The molecule has 0 saturated carbocycles. The first kappa shape index (κ1) is 15.0. The van der Waals surface area contributed by atoms with Crippen LogP contribution >= 0.6 is 0 Å². The number of ether oxygens (including phenoxy) is 3. The van der Waals surface area contributed by atoms with E-state index in [-0.39, 0.29) is 6.54 Å². The highest BCUT2D eigenvalue weighted by Gasteiger charge is 2.23. The first-order valence-corrected chi connectivity index (χ1v) is 6.55. The Bertz CT molecular complexity index is 539. The summed E-state index contributed by atoms with van der Waals surface area (Å²) in [5.41, 5.74) is 0.305. The lowest BCUT2D eigenvalue weighted by molar-refractivity contribution is -0.137. The molecule has 21 heavy (non-hydrogen) atoms. The van der Waals surface area contributed by atoms with Crippen molar-refractivity contribution in [2.24, 2.45) is 0 Å². The molecule has 1 aliphatic heterocycles. The minimum Gasteiger partial charge on any atom is -0.493 e. The van der Waals surface area contributed by atoms with Gasteiger partial charge in [-0.1, -0.05) is 0 Å². The summed E-state index contributed by atoms with van der Waals surface area (Å²) in [5.74, 6) is -0.177. The number of carbonyl (C=O) groups excluding carboxylic acids is 1. The zero-order valence-electron chi connectivity index (χ0n) is 11.9. The number of nitrogens with zero attached hydrogens (tertiary/aromatic N) is 1. The van der Waals surface area contributed by atoms with Gasteiger partial charge in [-0.15, -0.1) is 0 Å². The number of likely N-dealkylation sites (N-methyl/N-ethyl adjacent to an activating group) is 1. The van der Waals surface area contributed by atoms with E-state index < -0.39 is 11.9 Å². The van der Waals surface area contributed by atoms with Gasteiger partial charge in [0.1, 0.15) is 19.8 Å². The summed E-state index contributed by atoms with van der Waals surface area (Å²) in [7, 11) is 1.47. The van der Waals surface area contributed by atoms with E-state index in [1.807, 2.05) is 0 Å². The van der Waals surface area contributed by atoms with Gasteiger partial charge in [0.25, 0.3) is 5.91 Å². The number of amides is 1. The lowest BCUT2D eigenvalue weighted by atomic mass is 10.1. The minimum absolute atomic E-state index is 0.294. The number of fused-ring (bicyclic) bond motifs is 1. The molecular formula is C14H17NO6.